The van der Waals surface area contributed by atoms with Gasteiger partial charge in [0.05, 0.1) is 25.8 Å². The van der Waals surface area contributed by atoms with Gasteiger partial charge in [0.25, 0.3) is 0 Å². The Labute approximate surface area is 196 Å². The van der Waals surface area contributed by atoms with Crippen LogP contribution in [0.1, 0.15) is 37.8 Å². The Hall–Kier alpha value is -2.47. The zero-order valence-corrected chi connectivity index (χ0v) is 20.3. The third-order valence-electron chi connectivity index (χ3n) is 4.84. The Morgan fingerprint density at radius 2 is 1.58 bits per heavy atom. The number of ether oxygens (including phenoxy) is 1. The maximum atomic E-state index is 13.5. The predicted molar refractivity (Wildman–Crippen MR) is 128 cm³/mol. The molecule has 8 heteroatoms. The summed E-state index contributed by atoms with van der Waals surface area (Å²) in [6.45, 7) is 4.08. The average molecular weight is 476 g/mol. The summed E-state index contributed by atoms with van der Waals surface area (Å²) in [6.07, 6.45) is 0.820. The first kappa shape index (κ1) is 26.8. The highest BCUT2D eigenvalue weighted by atomic mass is 31.2. The van der Waals surface area contributed by atoms with Gasteiger partial charge in [-0.05, 0) is 37.8 Å². The largest absolute Gasteiger partial charge is 0.466 e. The molecule has 2 aromatic carbocycles. The van der Waals surface area contributed by atoms with E-state index in [2.05, 4.69) is 5.32 Å². The molecule has 0 aliphatic heterocycles. The zero-order chi connectivity index (χ0) is 23.9. The van der Waals surface area contributed by atoms with Crippen molar-refractivity contribution in [3.8, 4) is 0 Å². The lowest BCUT2D eigenvalue weighted by atomic mass is 10.1. The van der Waals surface area contributed by atoms with Crippen molar-refractivity contribution in [2.45, 2.75) is 45.6 Å². The maximum Gasteiger partial charge on any atom is 0.331 e. The highest BCUT2D eigenvalue weighted by molar-refractivity contribution is 7.53. The Morgan fingerprint density at radius 3 is 2.18 bits per heavy atom. The molecule has 2 atom stereocenters. The van der Waals surface area contributed by atoms with Crippen molar-refractivity contribution in [2.24, 2.45) is 0 Å². The van der Waals surface area contributed by atoms with Gasteiger partial charge in [0.15, 0.2) is 0 Å². The smallest absolute Gasteiger partial charge is 0.331 e. The molecule has 0 fully saturated rings. The van der Waals surface area contributed by atoms with E-state index in [1.54, 1.807) is 13.8 Å². The fraction of sp³-hybridized carbons (Fsp3) is 0.440. The van der Waals surface area contributed by atoms with Crippen LogP contribution in [0.5, 0.6) is 0 Å². The van der Waals surface area contributed by atoms with Gasteiger partial charge >= 0.3 is 13.6 Å². The second-order valence-corrected chi connectivity index (χ2v) is 9.61. The maximum absolute atomic E-state index is 13.5. The van der Waals surface area contributed by atoms with Crippen LogP contribution in [-0.4, -0.2) is 43.9 Å². The van der Waals surface area contributed by atoms with Crippen molar-refractivity contribution in [1.29, 1.82) is 0 Å². The number of amides is 1. The minimum absolute atomic E-state index is 0.0534. The molecule has 0 spiro atoms. The molecule has 0 aromatic heterocycles. The summed E-state index contributed by atoms with van der Waals surface area (Å²) in [5, 5.41) is 2.70. The third kappa shape index (κ3) is 10.3. The number of esters is 1. The fourth-order valence-corrected chi connectivity index (χ4v) is 5.09. The van der Waals surface area contributed by atoms with E-state index in [0.717, 1.165) is 17.5 Å². The van der Waals surface area contributed by atoms with Crippen LogP contribution in [0.2, 0.25) is 0 Å². The summed E-state index contributed by atoms with van der Waals surface area (Å²) in [6, 6.07) is 19.3. The van der Waals surface area contributed by atoms with Crippen LogP contribution >= 0.6 is 7.60 Å². The molecule has 2 rings (SSSR count). The number of carbonyl (C=O) groups is 2. The van der Waals surface area contributed by atoms with E-state index in [0.29, 0.717) is 6.42 Å². The van der Waals surface area contributed by atoms with Gasteiger partial charge in [-0.15, -0.1) is 0 Å². The topological polar surface area (TPSA) is 90.9 Å². The normalized spacial score (nSPS) is 13.6. The molecule has 0 aliphatic rings. The Morgan fingerprint density at radius 1 is 0.939 bits per heavy atom. The van der Waals surface area contributed by atoms with Gasteiger partial charge in [-0.3, -0.25) is 18.7 Å². The van der Waals surface area contributed by atoms with Crippen LogP contribution in [0.4, 0.5) is 0 Å². The lowest BCUT2D eigenvalue weighted by Gasteiger charge is -2.24. The summed E-state index contributed by atoms with van der Waals surface area (Å²) in [5.74, 6) is -0.828. The quantitative estimate of drug-likeness (QED) is 0.300. The second kappa shape index (κ2) is 14.6. The summed E-state index contributed by atoms with van der Waals surface area (Å²) in [4.78, 5) is 24.5. The lowest BCUT2D eigenvalue weighted by Crippen LogP contribution is -2.38. The summed E-state index contributed by atoms with van der Waals surface area (Å²) in [7, 11) is -3.52. The molecule has 0 aliphatic carbocycles. The van der Waals surface area contributed by atoms with Crippen LogP contribution in [0.25, 0.3) is 0 Å². The monoisotopic (exact) mass is 475 g/mol. The number of aryl methyl sites for hydroxylation is 1. The van der Waals surface area contributed by atoms with Crippen LogP contribution in [0.3, 0.4) is 0 Å². The van der Waals surface area contributed by atoms with Crippen LogP contribution in [0, 0.1) is 0 Å². The second-order valence-electron chi connectivity index (χ2n) is 7.47. The first-order chi connectivity index (χ1) is 16.0. The molecule has 0 bridgehead atoms. The van der Waals surface area contributed by atoms with Crippen LogP contribution < -0.4 is 5.32 Å². The standard InChI is InChI=1S/C25H34NO6P/c1-3-30-24(27)17-18-26-25(28)23(20-22-14-9-6-10-15-22)32-33(29,31-4-2)19-11-16-21-12-7-5-8-13-21/h5-10,12-15,23H,3-4,11,16-20H2,1-2H3,(H,26,28)/t23-,33?/m0/s1. The molecule has 0 radical (unpaired) electrons. The molecule has 1 amide bonds. The van der Waals surface area contributed by atoms with Crippen LogP contribution in [-0.2, 0) is 40.8 Å². The fourth-order valence-electron chi connectivity index (χ4n) is 3.30. The van der Waals surface area contributed by atoms with E-state index >= 15 is 0 Å². The third-order valence-corrected chi connectivity index (χ3v) is 6.94. The van der Waals surface area contributed by atoms with Crippen molar-refractivity contribution in [2.75, 3.05) is 25.9 Å². The summed E-state index contributed by atoms with van der Waals surface area (Å²) >= 11 is 0. The SMILES string of the molecule is CCOC(=O)CCNC(=O)[C@H](Cc1ccccc1)OP(=O)(CCCc1ccccc1)OCC. The molecule has 33 heavy (non-hydrogen) atoms. The van der Waals surface area contributed by atoms with E-state index in [4.69, 9.17) is 13.8 Å². The number of rotatable bonds is 15. The molecule has 0 saturated carbocycles. The minimum atomic E-state index is -3.52. The lowest BCUT2D eigenvalue weighted by molar-refractivity contribution is -0.143. The number of hydrogen-bond acceptors (Lipinski definition) is 6. The number of carbonyl (C=O) groups excluding carboxylic acids is 2. The molecule has 0 heterocycles. The Balaban J connectivity index is 2.05. The molecular weight excluding hydrogens is 441 g/mol. The van der Waals surface area contributed by atoms with Gasteiger partial charge in [-0.1, -0.05) is 60.7 Å². The van der Waals surface area contributed by atoms with Crippen molar-refractivity contribution in [3.05, 3.63) is 71.8 Å². The molecule has 1 N–H and O–H groups in total. The Kier molecular flexibility index (Phi) is 11.9. The van der Waals surface area contributed by atoms with Gasteiger partial charge < -0.3 is 14.6 Å². The molecule has 1 unspecified atom stereocenters. The zero-order valence-electron chi connectivity index (χ0n) is 19.4. The van der Waals surface area contributed by atoms with Gasteiger partial charge in [-0.25, -0.2) is 0 Å². The van der Waals surface area contributed by atoms with E-state index in [-0.39, 0.29) is 44.7 Å². The molecule has 7 nitrogen and oxygen atoms in total. The highest BCUT2D eigenvalue weighted by Gasteiger charge is 2.32. The number of hydrogen-bond donors (Lipinski definition) is 1. The van der Waals surface area contributed by atoms with Gasteiger partial charge in [0.2, 0.25) is 5.91 Å². The van der Waals surface area contributed by atoms with Gasteiger partial charge in [-0.2, -0.15) is 0 Å². The van der Waals surface area contributed by atoms with Crippen LogP contribution in [0.15, 0.2) is 60.7 Å². The van der Waals surface area contributed by atoms with E-state index in [9.17, 15) is 14.2 Å². The first-order valence-electron chi connectivity index (χ1n) is 11.4. The number of nitrogens with one attached hydrogen (secondary N) is 1. The van der Waals surface area contributed by atoms with Crippen molar-refractivity contribution in [1.82, 2.24) is 5.32 Å². The molecule has 2 aromatic rings. The van der Waals surface area contributed by atoms with Crippen molar-refractivity contribution < 1.29 is 27.9 Å². The highest BCUT2D eigenvalue weighted by Crippen LogP contribution is 2.50. The van der Waals surface area contributed by atoms with E-state index < -0.39 is 19.6 Å². The summed E-state index contributed by atoms with van der Waals surface area (Å²) in [5.41, 5.74) is 2.01. The molecule has 0 saturated heterocycles. The van der Waals surface area contributed by atoms with Crippen molar-refractivity contribution in [3.63, 3.8) is 0 Å². The first-order valence-corrected chi connectivity index (χ1v) is 13.1. The predicted octanol–water partition coefficient (Wildman–Crippen LogP) is 4.55. The minimum Gasteiger partial charge on any atom is -0.466 e. The van der Waals surface area contributed by atoms with E-state index in [1.807, 2.05) is 60.7 Å². The van der Waals surface area contributed by atoms with Gasteiger partial charge in [0, 0.05) is 13.0 Å². The Bertz CT molecular complexity index is 890. The van der Waals surface area contributed by atoms with Gasteiger partial charge in [0.1, 0.15) is 6.10 Å². The molecular formula is C25H34NO6P. The van der Waals surface area contributed by atoms with Crippen molar-refractivity contribution >= 4 is 19.5 Å². The number of benzene rings is 2. The van der Waals surface area contributed by atoms with E-state index in [1.165, 1.54) is 0 Å². The summed E-state index contributed by atoms with van der Waals surface area (Å²) < 4.78 is 29.8. The molecule has 180 valence electrons. The average Bonchev–Trinajstić information content (AvgIpc) is 2.80.